The van der Waals surface area contributed by atoms with Gasteiger partial charge in [0.15, 0.2) is 0 Å². The number of ether oxygens (including phenoxy) is 1. The third-order valence-corrected chi connectivity index (χ3v) is 3.89. The van der Waals surface area contributed by atoms with Crippen LogP contribution in [0.5, 0.6) is 0 Å². The molecule has 0 N–H and O–H groups in total. The first-order valence-corrected chi connectivity index (χ1v) is 6.63. The van der Waals surface area contributed by atoms with Gasteiger partial charge < -0.3 is 4.74 Å². The summed E-state index contributed by atoms with van der Waals surface area (Å²) in [5, 5.41) is 0. The Morgan fingerprint density at radius 3 is 2.56 bits per heavy atom. The first kappa shape index (κ1) is 11.7. The summed E-state index contributed by atoms with van der Waals surface area (Å²) in [4.78, 5) is 11.7. The van der Waals surface area contributed by atoms with Crippen LogP contribution in [0.1, 0.15) is 57.8 Å². The molecule has 2 saturated carbocycles. The molecule has 0 heterocycles. The van der Waals surface area contributed by atoms with Gasteiger partial charge in [-0.15, -0.1) is 0 Å². The molecule has 2 heteroatoms. The van der Waals surface area contributed by atoms with Gasteiger partial charge in [-0.3, -0.25) is 4.79 Å². The van der Waals surface area contributed by atoms with E-state index in [0.29, 0.717) is 12.3 Å². The number of hydrogen-bond donors (Lipinski definition) is 0. The van der Waals surface area contributed by atoms with Crippen LogP contribution < -0.4 is 0 Å². The molecular weight excluding hydrogens is 200 g/mol. The van der Waals surface area contributed by atoms with E-state index in [1.807, 2.05) is 0 Å². The topological polar surface area (TPSA) is 26.3 Å². The van der Waals surface area contributed by atoms with Crippen molar-refractivity contribution < 1.29 is 9.53 Å². The lowest BCUT2D eigenvalue weighted by atomic mass is 9.97. The highest BCUT2D eigenvalue weighted by Gasteiger charge is 2.24. The van der Waals surface area contributed by atoms with E-state index in [0.717, 1.165) is 25.7 Å². The molecule has 0 saturated heterocycles. The van der Waals surface area contributed by atoms with Crippen molar-refractivity contribution in [2.45, 2.75) is 63.9 Å². The molecule has 1 atom stereocenters. The lowest BCUT2D eigenvalue weighted by Crippen LogP contribution is -2.22. The van der Waals surface area contributed by atoms with Crippen molar-refractivity contribution in [3.05, 3.63) is 12.2 Å². The Kier molecular flexibility index (Phi) is 4.03. The maximum absolute atomic E-state index is 11.7. The smallest absolute Gasteiger partial charge is 0.306 e. The van der Waals surface area contributed by atoms with Crippen LogP contribution in [0.3, 0.4) is 0 Å². The second kappa shape index (κ2) is 5.51. The summed E-state index contributed by atoms with van der Waals surface area (Å²) in [6.45, 7) is 4.03. The van der Waals surface area contributed by atoms with Crippen LogP contribution in [0.25, 0.3) is 0 Å². The van der Waals surface area contributed by atoms with E-state index in [9.17, 15) is 4.79 Å². The van der Waals surface area contributed by atoms with Crippen LogP contribution in [0.2, 0.25) is 0 Å². The molecule has 16 heavy (non-hydrogen) atoms. The average molecular weight is 222 g/mol. The first-order chi connectivity index (χ1) is 7.75. The van der Waals surface area contributed by atoms with Gasteiger partial charge in [-0.25, -0.2) is 0 Å². The van der Waals surface area contributed by atoms with Crippen molar-refractivity contribution in [2.24, 2.45) is 5.92 Å². The molecule has 0 aromatic heterocycles. The Balaban J connectivity index is 1.72. The van der Waals surface area contributed by atoms with Crippen LogP contribution in [0.15, 0.2) is 12.2 Å². The lowest BCUT2D eigenvalue weighted by Gasteiger charge is -2.22. The summed E-state index contributed by atoms with van der Waals surface area (Å²) in [6, 6.07) is 0. The molecule has 2 aliphatic carbocycles. The normalized spacial score (nSPS) is 27.0. The molecule has 0 bridgehead atoms. The zero-order valence-corrected chi connectivity index (χ0v) is 10.0. The minimum absolute atomic E-state index is 0.0000463. The van der Waals surface area contributed by atoms with Gasteiger partial charge in [0.25, 0.3) is 0 Å². The Hall–Kier alpha value is -0.790. The second-order valence-corrected chi connectivity index (χ2v) is 5.20. The maximum atomic E-state index is 11.7. The molecular formula is C14H22O2. The molecule has 0 unspecified atom stereocenters. The summed E-state index contributed by atoms with van der Waals surface area (Å²) in [7, 11) is 0. The molecule has 90 valence electrons. The molecule has 0 aliphatic heterocycles. The fourth-order valence-electron chi connectivity index (χ4n) is 2.85. The number of allylic oxidation sites excluding steroid dienone is 1. The average Bonchev–Trinajstić information content (AvgIpc) is 2.66. The highest BCUT2D eigenvalue weighted by atomic mass is 16.5. The summed E-state index contributed by atoms with van der Waals surface area (Å²) in [5.41, 5.74) is 1.25. The highest BCUT2D eigenvalue weighted by molar-refractivity contribution is 5.70. The second-order valence-electron chi connectivity index (χ2n) is 5.20. The van der Waals surface area contributed by atoms with Crippen molar-refractivity contribution in [1.29, 1.82) is 0 Å². The quantitative estimate of drug-likeness (QED) is 0.538. The lowest BCUT2D eigenvalue weighted by molar-refractivity contribution is -0.151. The van der Waals surface area contributed by atoms with Crippen LogP contribution in [-0.2, 0) is 9.53 Å². The molecule has 0 amide bonds. The largest absolute Gasteiger partial charge is 0.462 e. The van der Waals surface area contributed by atoms with E-state index in [-0.39, 0.29) is 12.1 Å². The summed E-state index contributed by atoms with van der Waals surface area (Å²) >= 11 is 0. The van der Waals surface area contributed by atoms with Gasteiger partial charge >= 0.3 is 5.97 Å². The number of esters is 1. The molecule has 0 aromatic rings. The Labute approximate surface area is 98.1 Å². The van der Waals surface area contributed by atoms with Crippen molar-refractivity contribution in [2.75, 3.05) is 0 Å². The fraction of sp³-hybridized carbons (Fsp3) is 0.786. The van der Waals surface area contributed by atoms with Crippen LogP contribution in [-0.4, -0.2) is 12.1 Å². The zero-order valence-electron chi connectivity index (χ0n) is 10.0. The van der Waals surface area contributed by atoms with E-state index < -0.39 is 0 Å². The van der Waals surface area contributed by atoms with E-state index in [4.69, 9.17) is 4.74 Å². The first-order valence-electron chi connectivity index (χ1n) is 6.63. The SMILES string of the molecule is C=C1CCC[C@@H]1CC(=O)OC1CCCCC1. The van der Waals surface area contributed by atoms with Crippen molar-refractivity contribution in [3.63, 3.8) is 0 Å². The van der Waals surface area contributed by atoms with Gasteiger partial charge in [-0.1, -0.05) is 18.6 Å². The van der Waals surface area contributed by atoms with Gasteiger partial charge in [0.2, 0.25) is 0 Å². The molecule has 2 aliphatic rings. The number of carbonyl (C=O) groups excluding carboxylic acids is 1. The van der Waals surface area contributed by atoms with Crippen LogP contribution in [0.4, 0.5) is 0 Å². The number of rotatable bonds is 3. The van der Waals surface area contributed by atoms with E-state index >= 15 is 0 Å². The van der Waals surface area contributed by atoms with E-state index in [2.05, 4.69) is 6.58 Å². The summed E-state index contributed by atoms with van der Waals surface area (Å²) in [6.07, 6.45) is 10.1. The van der Waals surface area contributed by atoms with Crippen molar-refractivity contribution in [3.8, 4) is 0 Å². The van der Waals surface area contributed by atoms with Crippen LogP contribution in [0, 0.1) is 5.92 Å². The Morgan fingerprint density at radius 2 is 1.94 bits per heavy atom. The number of carbonyl (C=O) groups is 1. The Bertz CT molecular complexity index is 264. The zero-order chi connectivity index (χ0) is 11.4. The molecule has 0 aromatic carbocycles. The monoisotopic (exact) mass is 222 g/mol. The van der Waals surface area contributed by atoms with Gasteiger partial charge in [-0.05, 0) is 50.9 Å². The predicted octanol–water partition coefficient (Wildman–Crippen LogP) is 3.61. The maximum Gasteiger partial charge on any atom is 0.306 e. The number of hydrogen-bond acceptors (Lipinski definition) is 2. The molecule has 2 rings (SSSR count). The third kappa shape index (κ3) is 3.10. The molecule has 2 fully saturated rings. The highest BCUT2D eigenvalue weighted by Crippen LogP contribution is 2.32. The molecule has 0 spiro atoms. The summed E-state index contributed by atoms with van der Waals surface area (Å²) < 4.78 is 5.52. The van der Waals surface area contributed by atoms with Gasteiger partial charge in [-0.2, -0.15) is 0 Å². The standard InChI is InChI=1S/C14H22O2/c1-11-6-5-7-12(11)10-14(15)16-13-8-3-2-4-9-13/h12-13H,1-10H2/t12-/m1/s1. The summed E-state index contributed by atoms with van der Waals surface area (Å²) in [5.74, 6) is 0.399. The van der Waals surface area contributed by atoms with E-state index in [1.165, 1.54) is 31.3 Å². The van der Waals surface area contributed by atoms with Crippen LogP contribution >= 0.6 is 0 Å². The minimum Gasteiger partial charge on any atom is -0.462 e. The minimum atomic E-state index is -0.0000463. The Morgan fingerprint density at radius 1 is 1.19 bits per heavy atom. The van der Waals surface area contributed by atoms with Crippen molar-refractivity contribution in [1.82, 2.24) is 0 Å². The van der Waals surface area contributed by atoms with Gasteiger partial charge in [0.05, 0.1) is 6.42 Å². The third-order valence-electron chi connectivity index (χ3n) is 3.89. The molecule has 2 nitrogen and oxygen atoms in total. The molecule has 0 radical (unpaired) electrons. The van der Waals surface area contributed by atoms with Gasteiger partial charge in [0, 0.05) is 0 Å². The van der Waals surface area contributed by atoms with Crippen molar-refractivity contribution >= 4 is 5.97 Å². The van der Waals surface area contributed by atoms with Gasteiger partial charge in [0.1, 0.15) is 6.10 Å². The van der Waals surface area contributed by atoms with E-state index in [1.54, 1.807) is 0 Å². The fourth-order valence-corrected chi connectivity index (χ4v) is 2.85. The predicted molar refractivity (Wildman–Crippen MR) is 64.1 cm³/mol.